The van der Waals surface area contributed by atoms with Gasteiger partial charge in [0.05, 0.1) is 31.0 Å². The summed E-state index contributed by atoms with van der Waals surface area (Å²) in [5, 5.41) is 14.9. The molecule has 6 heteroatoms. The van der Waals surface area contributed by atoms with Crippen LogP contribution in [0.2, 0.25) is 0 Å². The van der Waals surface area contributed by atoms with Crippen molar-refractivity contribution in [3.8, 4) is 11.5 Å². The molecule has 0 heterocycles. The largest absolute Gasteiger partial charge is 0.497 e. The number of rotatable bonds is 7. The van der Waals surface area contributed by atoms with Crippen molar-refractivity contribution in [3.05, 3.63) is 18.2 Å². The van der Waals surface area contributed by atoms with Gasteiger partial charge in [0.1, 0.15) is 11.5 Å². The van der Waals surface area contributed by atoms with E-state index in [1.807, 2.05) is 20.8 Å². The summed E-state index contributed by atoms with van der Waals surface area (Å²) in [6.45, 7) is 7.37. The number of carbonyl (C=O) groups is 1. The Morgan fingerprint density at radius 3 is 2.59 bits per heavy atom. The Kier molecular flexibility index (Phi) is 6.49. The van der Waals surface area contributed by atoms with Gasteiger partial charge < -0.3 is 25.2 Å². The molecule has 2 amide bonds. The predicted octanol–water partition coefficient (Wildman–Crippen LogP) is 2.76. The molecule has 0 spiro atoms. The lowest BCUT2D eigenvalue weighted by atomic mass is 10.0. The van der Waals surface area contributed by atoms with Gasteiger partial charge in [-0.3, -0.25) is 0 Å². The summed E-state index contributed by atoms with van der Waals surface area (Å²) in [6, 6.07) is 4.81. The summed E-state index contributed by atoms with van der Waals surface area (Å²) in [5.74, 6) is 1.18. The number of amides is 2. The minimum Gasteiger partial charge on any atom is -0.497 e. The molecule has 1 aromatic carbocycles. The Bertz CT molecular complexity index is 499. The summed E-state index contributed by atoms with van der Waals surface area (Å²) in [5.41, 5.74) is -0.149. The van der Waals surface area contributed by atoms with Crippen LogP contribution in [-0.4, -0.2) is 36.5 Å². The Labute approximate surface area is 131 Å². The molecule has 22 heavy (non-hydrogen) atoms. The second-order valence-electron chi connectivity index (χ2n) is 5.68. The third kappa shape index (κ3) is 5.11. The SMILES string of the molecule is CC[C@](C)(CO)NC(=O)Nc1cc(OC)ccc1OC(C)C. The number of nitrogens with one attached hydrogen (secondary N) is 2. The fourth-order valence-corrected chi connectivity index (χ4v) is 1.76. The van der Waals surface area contributed by atoms with Crippen LogP contribution in [0.4, 0.5) is 10.5 Å². The van der Waals surface area contributed by atoms with E-state index in [-0.39, 0.29) is 12.7 Å². The molecule has 0 radical (unpaired) electrons. The van der Waals surface area contributed by atoms with E-state index in [9.17, 15) is 9.90 Å². The Morgan fingerprint density at radius 2 is 2.09 bits per heavy atom. The molecule has 0 saturated carbocycles. The Hall–Kier alpha value is -1.95. The number of benzene rings is 1. The third-order valence-corrected chi connectivity index (χ3v) is 3.34. The van der Waals surface area contributed by atoms with Crippen LogP contribution in [0.25, 0.3) is 0 Å². The topological polar surface area (TPSA) is 79.8 Å². The molecular weight excluding hydrogens is 284 g/mol. The van der Waals surface area contributed by atoms with Crippen LogP contribution < -0.4 is 20.1 Å². The summed E-state index contributed by atoms with van der Waals surface area (Å²) >= 11 is 0. The number of urea groups is 1. The fraction of sp³-hybridized carbons (Fsp3) is 0.562. The van der Waals surface area contributed by atoms with Crippen molar-refractivity contribution in [2.75, 3.05) is 19.0 Å². The van der Waals surface area contributed by atoms with Gasteiger partial charge in [0.15, 0.2) is 0 Å². The first-order valence-electron chi connectivity index (χ1n) is 7.38. The molecule has 3 N–H and O–H groups in total. The van der Waals surface area contributed by atoms with Crippen molar-refractivity contribution >= 4 is 11.7 Å². The van der Waals surface area contributed by atoms with E-state index in [0.717, 1.165) is 0 Å². The van der Waals surface area contributed by atoms with Gasteiger partial charge in [0.25, 0.3) is 0 Å². The van der Waals surface area contributed by atoms with Crippen LogP contribution in [0.15, 0.2) is 18.2 Å². The van der Waals surface area contributed by atoms with Crippen molar-refractivity contribution in [2.24, 2.45) is 0 Å². The summed E-state index contributed by atoms with van der Waals surface area (Å²) < 4.78 is 10.9. The first-order valence-corrected chi connectivity index (χ1v) is 7.38. The van der Waals surface area contributed by atoms with Crippen LogP contribution in [-0.2, 0) is 0 Å². The maximum Gasteiger partial charge on any atom is 0.319 e. The number of hydrogen-bond acceptors (Lipinski definition) is 4. The normalized spacial score (nSPS) is 13.4. The molecule has 0 aliphatic rings. The first kappa shape index (κ1) is 18.1. The zero-order valence-corrected chi connectivity index (χ0v) is 13.9. The molecule has 0 fully saturated rings. The predicted molar refractivity (Wildman–Crippen MR) is 86.7 cm³/mol. The smallest absolute Gasteiger partial charge is 0.319 e. The van der Waals surface area contributed by atoms with Crippen LogP contribution in [0.5, 0.6) is 11.5 Å². The van der Waals surface area contributed by atoms with Crippen molar-refractivity contribution in [2.45, 2.75) is 45.8 Å². The average Bonchev–Trinajstić information content (AvgIpc) is 2.48. The Morgan fingerprint density at radius 1 is 1.41 bits per heavy atom. The van der Waals surface area contributed by atoms with E-state index in [0.29, 0.717) is 23.6 Å². The van der Waals surface area contributed by atoms with Gasteiger partial charge in [-0.1, -0.05) is 6.92 Å². The fourth-order valence-electron chi connectivity index (χ4n) is 1.76. The lowest BCUT2D eigenvalue weighted by molar-refractivity contribution is 0.172. The molecule has 0 saturated heterocycles. The molecule has 0 bridgehead atoms. The van der Waals surface area contributed by atoms with Gasteiger partial charge in [0.2, 0.25) is 0 Å². The van der Waals surface area contributed by atoms with Gasteiger partial charge in [-0.25, -0.2) is 4.79 Å². The lowest BCUT2D eigenvalue weighted by Crippen LogP contribution is -2.50. The van der Waals surface area contributed by atoms with Crippen molar-refractivity contribution in [1.29, 1.82) is 0 Å². The number of ether oxygens (including phenoxy) is 2. The van der Waals surface area contributed by atoms with Crippen LogP contribution in [0.1, 0.15) is 34.1 Å². The molecule has 0 aliphatic heterocycles. The number of anilines is 1. The number of hydrogen-bond donors (Lipinski definition) is 3. The van der Waals surface area contributed by atoms with E-state index < -0.39 is 11.6 Å². The van der Waals surface area contributed by atoms with Gasteiger partial charge in [-0.15, -0.1) is 0 Å². The van der Waals surface area contributed by atoms with Gasteiger partial charge in [-0.05, 0) is 39.3 Å². The van der Waals surface area contributed by atoms with E-state index in [4.69, 9.17) is 9.47 Å². The van der Waals surface area contributed by atoms with Crippen LogP contribution >= 0.6 is 0 Å². The standard InChI is InChI=1S/C16H26N2O4/c1-6-16(4,10-19)18-15(20)17-13-9-12(21-5)7-8-14(13)22-11(2)3/h7-9,11,19H,6,10H2,1-5H3,(H2,17,18,20)/t16-/m1/s1. The third-order valence-electron chi connectivity index (χ3n) is 3.34. The number of aliphatic hydroxyl groups is 1. The highest BCUT2D eigenvalue weighted by Crippen LogP contribution is 2.30. The maximum absolute atomic E-state index is 12.2. The molecule has 6 nitrogen and oxygen atoms in total. The molecule has 0 aliphatic carbocycles. The average molecular weight is 310 g/mol. The van der Waals surface area contributed by atoms with Crippen molar-refractivity contribution < 1.29 is 19.4 Å². The van der Waals surface area contributed by atoms with Gasteiger partial charge >= 0.3 is 6.03 Å². The van der Waals surface area contributed by atoms with Crippen LogP contribution in [0.3, 0.4) is 0 Å². The molecule has 124 valence electrons. The molecule has 1 aromatic rings. The maximum atomic E-state index is 12.2. The second-order valence-corrected chi connectivity index (χ2v) is 5.68. The Balaban J connectivity index is 2.92. The van der Waals surface area contributed by atoms with Crippen molar-refractivity contribution in [3.63, 3.8) is 0 Å². The monoisotopic (exact) mass is 310 g/mol. The van der Waals surface area contributed by atoms with E-state index >= 15 is 0 Å². The van der Waals surface area contributed by atoms with E-state index in [1.54, 1.807) is 32.2 Å². The number of carbonyl (C=O) groups excluding carboxylic acids is 1. The van der Waals surface area contributed by atoms with Crippen molar-refractivity contribution in [1.82, 2.24) is 5.32 Å². The summed E-state index contributed by atoms with van der Waals surface area (Å²) in [7, 11) is 1.56. The molecular formula is C16H26N2O4. The molecule has 1 atom stereocenters. The van der Waals surface area contributed by atoms with E-state index in [1.165, 1.54) is 0 Å². The minimum atomic E-state index is -0.665. The van der Waals surface area contributed by atoms with E-state index in [2.05, 4.69) is 10.6 Å². The summed E-state index contributed by atoms with van der Waals surface area (Å²) in [6.07, 6.45) is 0.597. The number of aliphatic hydroxyl groups excluding tert-OH is 1. The highest BCUT2D eigenvalue weighted by Gasteiger charge is 2.23. The molecule has 0 aromatic heterocycles. The number of methoxy groups -OCH3 is 1. The zero-order chi connectivity index (χ0) is 16.8. The zero-order valence-electron chi connectivity index (χ0n) is 13.9. The lowest BCUT2D eigenvalue weighted by Gasteiger charge is -2.27. The van der Waals surface area contributed by atoms with Gasteiger partial charge in [-0.2, -0.15) is 0 Å². The second kappa shape index (κ2) is 7.89. The highest BCUT2D eigenvalue weighted by molar-refractivity contribution is 5.91. The van der Waals surface area contributed by atoms with Crippen LogP contribution in [0, 0.1) is 0 Å². The summed E-state index contributed by atoms with van der Waals surface area (Å²) in [4.78, 5) is 12.2. The highest BCUT2D eigenvalue weighted by atomic mass is 16.5. The first-order chi connectivity index (χ1) is 10.3. The van der Waals surface area contributed by atoms with Gasteiger partial charge in [0, 0.05) is 6.07 Å². The molecule has 0 unspecified atom stereocenters. The minimum absolute atomic E-state index is 0.0182. The quantitative estimate of drug-likeness (QED) is 0.723. The molecule has 1 rings (SSSR count).